The number of phenolic OH excluding ortho intramolecular Hbond substituents is 1. The Labute approximate surface area is 149 Å². The van der Waals surface area contributed by atoms with Crippen LogP contribution in [0.15, 0.2) is 35.4 Å². The Balaban J connectivity index is 1.99. The van der Waals surface area contributed by atoms with E-state index >= 15 is 0 Å². The van der Waals surface area contributed by atoms with Crippen LogP contribution in [0, 0.1) is 6.92 Å². The Morgan fingerprint density at radius 1 is 1.31 bits per heavy atom. The molecule has 0 amide bonds. The van der Waals surface area contributed by atoms with Crippen molar-refractivity contribution in [3.8, 4) is 5.75 Å². The van der Waals surface area contributed by atoms with Crippen molar-refractivity contribution in [3.63, 3.8) is 0 Å². The topological polar surface area (TPSA) is 123 Å². The van der Waals surface area contributed by atoms with Gasteiger partial charge in [-0.3, -0.25) is 9.40 Å². The van der Waals surface area contributed by atoms with Crippen LogP contribution < -0.4 is 4.72 Å². The monoisotopic (exact) mass is 376 g/mol. The van der Waals surface area contributed by atoms with Gasteiger partial charge in [0.1, 0.15) is 11.3 Å². The fourth-order valence-corrected chi connectivity index (χ4v) is 3.59. The molecule has 0 bridgehead atoms. The lowest BCUT2D eigenvalue weighted by Gasteiger charge is -2.10. The van der Waals surface area contributed by atoms with Gasteiger partial charge in [-0.25, -0.2) is 18.2 Å². The molecule has 26 heavy (non-hydrogen) atoms. The molecule has 0 radical (unpaired) electrons. The summed E-state index contributed by atoms with van der Waals surface area (Å²) in [5.74, 6) is -1.21. The van der Waals surface area contributed by atoms with E-state index in [0.717, 1.165) is 19.2 Å². The number of aryl methyl sites for hydroxylation is 2. The number of pyridine rings is 1. The van der Waals surface area contributed by atoms with Crippen molar-refractivity contribution in [1.29, 1.82) is 0 Å². The largest absolute Gasteiger partial charge is 0.507 e. The van der Waals surface area contributed by atoms with E-state index in [0.29, 0.717) is 16.7 Å². The summed E-state index contributed by atoms with van der Waals surface area (Å²) in [7, 11) is -1.12. The number of hydrogen-bond donors (Lipinski definition) is 2. The smallest absolute Gasteiger partial charge is 0.341 e. The number of aromatic hydroxyl groups is 1. The van der Waals surface area contributed by atoms with E-state index in [4.69, 9.17) is 0 Å². The number of hydrogen-bond acceptors (Lipinski definition) is 7. The number of carbonyl (C=O) groups is 1. The van der Waals surface area contributed by atoms with Gasteiger partial charge in [0.25, 0.3) is 10.0 Å². The number of benzene rings is 1. The number of aromatic nitrogens is 3. The first kappa shape index (κ1) is 17.7. The maximum Gasteiger partial charge on any atom is 0.341 e. The first-order valence-electron chi connectivity index (χ1n) is 7.46. The number of sulfonamides is 1. The third kappa shape index (κ3) is 3.06. The van der Waals surface area contributed by atoms with Crippen LogP contribution in [0.2, 0.25) is 0 Å². The highest BCUT2D eigenvalue weighted by Gasteiger charge is 2.20. The summed E-state index contributed by atoms with van der Waals surface area (Å²) < 4.78 is 33.8. The number of anilines is 1. The minimum Gasteiger partial charge on any atom is -0.507 e. The molecule has 1 aromatic carbocycles. The van der Waals surface area contributed by atoms with Crippen molar-refractivity contribution in [1.82, 2.24) is 14.8 Å². The Kier molecular flexibility index (Phi) is 4.28. The number of rotatable bonds is 4. The summed E-state index contributed by atoms with van der Waals surface area (Å²) >= 11 is 0. The van der Waals surface area contributed by atoms with Crippen LogP contribution in [0.5, 0.6) is 5.75 Å². The summed E-state index contributed by atoms with van der Waals surface area (Å²) in [6.07, 6.45) is 1.38. The number of carbonyl (C=O) groups excluding carboxylic acids is 1. The summed E-state index contributed by atoms with van der Waals surface area (Å²) in [4.78, 5) is 15.7. The second kappa shape index (κ2) is 6.30. The van der Waals surface area contributed by atoms with E-state index in [1.807, 2.05) is 0 Å². The minimum absolute atomic E-state index is 0.196. The van der Waals surface area contributed by atoms with Crippen LogP contribution in [0.25, 0.3) is 11.0 Å². The molecule has 9 nitrogen and oxygen atoms in total. The normalized spacial score (nSPS) is 11.5. The molecule has 0 fully saturated rings. The molecule has 0 unspecified atom stereocenters. The second-order valence-corrected chi connectivity index (χ2v) is 7.26. The molecule has 0 atom stereocenters. The lowest BCUT2D eigenvalue weighted by Crippen LogP contribution is -2.14. The average Bonchev–Trinajstić information content (AvgIpc) is 2.88. The zero-order valence-corrected chi connectivity index (χ0v) is 15.0. The molecule has 10 heteroatoms. The number of nitrogens with zero attached hydrogens (tertiary/aromatic N) is 3. The van der Waals surface area contributed by atoms with E-state index in [2.05, 4.69) is 19.5 Å². The lowest BCUT2D eigenvalue weighted by atomic mass is 10.2. The number of phenols is 1. The highest BCUT2D eigenvalue weighted by Crippen LogP contribution is 2.25. The maximum atomic E-state index is 12.6. The van der Waals surface area contributed by atoms with Crippen LogP contribution in [0.1, 0.15) is 16.1 Å². The molecule has 0 aliphatic rings. The van der Waals surface area contributed by atoms with Crippen LogP contribution >= 0.6 is 0 Å². The molecule has 2 heterocycles. The third-order valence-corrected chi connectivity index (χ3v) is 5.18. The zero-order valence-electron chi connectivity index (χ0n) is 14.2. The Morgan fingerprint density at radius 3 is 2.73 bits per heavy atom. The van der Waals surface area contributed by atoms with E-state index in [9.17, 15) is 18.3 Å². The summed E-state index contributed by atoms with van der Waals surface area (Å²) in [5.41, 5.74) is 1.35. The number of fused-ring (bicyclic) bond motifs is 1. The van der Waals surface area contributed by atoms with Gasteiger partial charge in [0.15, 0.2) is 5.65 Å². The van der Waals surface area contributed by atoms with Gasteiger partial charge < -0.3 is 9.84 Å². The molecule has 3 aromatic rings. The summed E-state index contributed by atoms with van der Waals surface area (Å²) in [5, 5.41) is 14.7. The van der Waals surface area contributed by atoms with Crippen molar-refractivity contribution in [2.45, 2.75) is 11.8 Å². The Bertz CT molecular complexity index is 1120. The zero-order chi connectivity index (χ0) is 19.1. The first-order valence-corrected chi connectivity index (χ1v) is 8.95. The number of ether oxygens (including phenoxy) is 1. The molecule has 0 saturated heterocycles. The molecular formula is C16H16N4O5S. The minimum atomic E-state index is -4.01. The SMILES string of the molecule is COC(=O)c1cc(S(=O)(=O)Nc2cnc3c(c2)c(C)nn3C)ccc1O. The van der Waals surface area contributed by atoms with E-state index < -0.39 is 16.0 Å². The fraction of sp³-hybridized carbons (Fsp3) is 0.188. The quantitative estimate of drug-likeness (QED) is 0.662. The molecule has 136 valence electrons. The molecule has 0 spiro atoms. The first-order chi connectivity index (χ1) is 12.2. The maximum absolute atomic E-state index is 12.6. The highest BCUT2D eigenvalue weighted by molar-refractivity contribution is 7.92. The van der Waals surface area contributed by atoms with Crippen molar-refractivity contribution in [3.05, 3.63) is 41.7 Å². The predicted octanol–water partition coefficient (Wildman–Crippen LogP) is 1.57. The van der Waals surface area contributed by atoms with Crippen molar-refractivity contribution >= 4 is 32.7 Å². The Hall–Kier alpha value is -3.14. The van der Waals surface area contributed by atoms with Crippen LogP contribution in [-0.2, 0) is 21.8 Å². The molecular weight excluding hydrogens is 360 g/mol. The second-order valence-electron chi connectivity index (χ2n) is 5.58. The molecule has 0 aliphatic heterocycles. The third-order valence-electron chi connectivity index (χ3n) is 3.80. The molecule has 2 aromatic heterocycles. The predicted molar refractivity (Wildman–Crippen MR) is 93.5 cm³/mol. The highest BCUT2D eigenvalue weighted by atomic mass is 32.2. The fourth-order valence-electron chi connectivity index (χ4n) is 2.53. The van der Waals surface area contributed by atoms with Crippen molar-refractivity contribution in [2.24, 2.45) is 7.05 Å². The van der Waals surface area contributed by atoms with Crippen LogP contribution in [0.4, 0.5) is 5.69 Å². The van der Waals surface area contributed by atoms with Gasteiger partial charge in [0.2, 0.25) is 0 Å². The average molecular weight is 376 g/mol. The number of esters is 1. The molecule has 0 aliphatic carbocycles. The van der Waals surface area contributed by atoms with Gasteiger partial charge in [-0.2, -0.15) is 5.10 Å². The van der Waals surface area contributed by atoms with Gasteiger partial charge in [-0.15, -0.1) is 0 Å². The van der Waals surface area contributed by atoms with Gasteiger partial charge >= 0.3 is 5.97 Å². The van der Waals surface area contributed by atoms with E-state index in [1.54, 1.807) is 24.7 Å². The standard InChI is InChI=1S/C16H16N4O5S/c1-9-12-6-10(8-17-15(12)20(2)18-9)19-26(23,24)11-4-5-14(21)13(7-11)16(22)25-3/h4-8,19,21H,1-3H3. The molecule has 2 N–H and O–H groups in total. The molecule has 3 rings (SSSR count). The summed E-state index contributed by atoms with van der Waals surface area (Å²) in [6.45, 7) is 1.80. The Morgan fingerprint density at radius 2 is 2.04 bits per heavy atom. The van der Waals surface area contributed by atoms with Gasteiger partial charge in [-0.05, 0) is 31.2 Å². The number of nitrogens with one attached hydrogen (secondary N) is 1. The van der Waals surface area contributed by atoms with Crippen molar-refractivity contribution in [2.75, 3.05) is 11.8 Å². The van der Waals surface area contributed by atoms with Gasteiger partial charge in [-0.1, -0.05) is 0 Å². The molecule has 0 saturated carbocycles. The summed E-state index contributed by atoms with van der Waals surface area (Å²) in [6, 6.07) is 4.98. The number of methoxy groups -OCH3 is 1. The van der Waals surface area contributed by atoms with E-state index in [-0.39, 0.29) is 21.9 Å². The van der Waals surface area contributed by atoms with Crippen LogP contribution in [-0.4, -0.2) is 41.4 Å². The van der Waals surface area contributed by atoms with Gasteiger partial charge in [0, 0.05) is 12.4 Å². The van der Waals surface area contributed by atoms with Gasteiger partial charge in [0.05, 0.1) is 29.6 Å². The lowest BCUT2D eigenvalue weighted by molar-refractivity contribution is 0.0597. The van der Waals surface area contributed by atoms with E-state index in [1.165, 1.54) is 12.3 Å². The van der Waals surface area contributed by atoms with Crippen LogP contribution in [0.3, 0.4) is 0 Å². The van der Waals surface area contributed by atoms with Crippen molar-refractivity contribution < 1.29 is 23.1 Å².